The Balaban J connectivity index is 2.14. The summed E-state index contributed by atoms with van der Waals surface area (Å²) in [4.78, 5) is 29.4. The Labute approximate surface area is 249 Å². The van der Waals surface area contributed by atoms with Crippen molar-refractivity contribution in [3.63, 3.8) is 0 Å². The van der Waals surface area contributed by atoms with E-state index < -0.39 is 40.4 Å². The molecule has 3 aromatic rings. The third-order valence-electron chi connectivity index (χ3n) is 7.22. The third-order valence-corrected chi connectivity index (χ3v) is 9.03. The fourth-order valence-electron chi connectivity index (χ4n) is 4.50. The van der Waals surface area contributed by atoms with Gasteiger partial charge in [0.05, 0.1) is 5.69 Å². The minimum absolute atomic E-state index is 0.160. The number of hydrogen-bond donors (Lipinski definition) is 1. The Morgan fingerprint density at radius 3 is 2.21 bits per heavy atom. The smallest absolute Gasteiger partial charge is 0.304 e. The van der Waals surface area contributed by atoms with Crippen molar-refractivity contribution >= 4 is 27.7 Å². The van der Waals surface area contributed by atoms with Gasteiger partial charge in [0.1, 0.15) is 18.4 Å². The molecule has 0 heterocycles. The van der Waals surface area contributed by atoms with Crippen molar-refractivity contribution in [3.8, 4) is 0 Å². The van der Waals surface area contributed by atoms with Gasteiger partial charge in [0.2, 0.25) is 11.8 Å². The number of anilines is 1. The minimum Gasteiger partial charge on any atom is -0.352 e. The molecule has 3 rings (SSSR count). The van der Waals surface area contributed by atoms with Gasteiger partial charge in [0.25, 0.3) is 0 Å². The normalized spacial score (nSPS) is 13.0. The van der Waals surface area contributed by atoms with Crippen LogP contribution in [0.4, 0.5) is 10.1 Å². The lowest BCUT2D eigenvalue weighted by atomic mass is 10.0. The summed E-state index contributed by atoms with van der Waals surface area (Å²) >= 11 is 0. The highest BCUT2D eigenvalue weighted by Gasteiger charge is 2.35. The predicted octanol–water partition coefficient (Wildman–Crippen LogP) is 4.61. The number of hydrogen-bond acceptors (Lipinski definition) is 4. The van der Waals surface area contributed by atoms with E-state index in [9.17, 15) is 22.4 Å². The van der Waals surface area contributed by atoms with E-state index in [0.717, 1.165) is 19.7 Å². The largest absolute Gasteiger partial charge is 0.352 e. The summed E-state index contributed by atoms with van der Waals surface area (Å²) in [7, 11) is -1.33. The van der Waals surface area contributed by atoms with Gasteiger partial charge in [-0.15, -0.1) is 0 Å². The van der Waals surface area contributed by atoms with Crippen LogP contribution in [0, 0.1) is 19.7 Å². The van der Waals surface area contributed by atoms with E-state index in [4.69, 9.17) is 0 Å². The molecule has 0 unspecified atom stereocenters. The number of nitrogens with zero attached hydrogens (tertiary/aromatic N) is 3. The molecule has 0 saturated heterocycles. The molecule has 0 aromatic heterocycles. The molecule has 226 valence electrons. The van der Waals surface area contributed by atoms with Gasteiger partial charge >= 0.3 is 10.2 Å². The highest BCUT2D eigenvalue weighted by atomic mass is 32.2. The molecule has 0 aliphatic heterocycles. The maximum Gasteiger partial charge on any atom is 0.304 e. The molecule has 0 aliphatic rings. The molecule has 2 amide bonds. The SMILES string of the molecule is CC[C@@H](C)NC(=O)[C@H](Cc1ccccc1)N(Cc1ccccc1F)C(=O)CN(c1cc(C)ccc1C)S(=O)(=O)N(C)C. The minimum atomic E-state index is -4.12. The molecular formula is C32H41FN4O4S. The van der Waals surface area contributed by atoms with E-state index in [1.165, 1.54) is 25.1 Å². The lowest BCUT2D eigenvalue weighted by molar-refractivity contribution is -0.140. The molecule has 1 N–H and O–H groups in total. The zero-order chi connectivity index (χ0) is 31.0. The van der Waals surface area contributed by atoms with Crippen LogP contribution in [-0.4, -0.2) is 62.2 Å². The van der Waals surface area contributed by atoms with Crippen LogP contribution in [0.15, 0.2) is 72.8 Å². The van der Waals surface area contributed by atoms with Crippen LogP contribution >= 0.6 is 0 Å². The molecule has 0 bridgehead atoms. The number of rotatable bonds is 13. The summed E-state index contributed by atoms with van der Waals surface area (Å²) in [5.41, 5.74) is 2.86. The van der Waals surface area contributed by atoms with Gasteiger partial charge in [-0.1, -0.05) is 67.6 Å². The van der Waals surface area contributed by atoms with Crippen LogP contribution in [0.1, 0.15) is 42.5 Å². The third kappa shape index (κ3) is 8.17. The number of nitrogens with one attached hydrogen (secondary N) is 1. The zero-order valence-electron chi connectivity index (χ0n) is 25.2. The first-order chi connectivity index (χ1) is 19.8. The van der Waals surface area contributed by atoms with Crippen LogP contribution < -0.4 is 9.62 Å². The van der Waals surface area contributed by atoms with Crippen molar-refractivity contribution < 1.29 is 22.4 Å². The molecule has 0 fully saturated rings. The predicted molar refractivity (Wildman–Crippen MR) is 165 cm³/mol. The van der Waals surface area contributed by atoms with E-state index in [-0.39, 0.29) is 24.6 Å². The summed E-state index contributed by atoms with van der Waals surface area (Å²) in [6, 6.07) is 19.5. The van der Waals surface area contributed by atoms with Crippen molar-refractivity contribution in [2.24, 2.45) is 0 Å². The summed E-state index contributed by atoms with van der Waals surface area (Å²) in [6.45, 7) is 6.61. The Bertz CT molecular complexity index is 1480. The highest BCUT2D eigenvalue weighted by molar-refractivity contribution is 7.90. The van der Waals surface area contributed by atoms with Crippen LogP contribution in [-0.2, 0) is 32.8 Å². The van der Waals surface area contributed by atoms with Crippen molar-refractivity contribution in [2.45, 2.75) is 59.2 Å². The van der Waals surface area contributed by atoms with E-state index in [0.29, 0.717) is 17.7 Å². The zero-order valence-corrected chi connectivity index (χ0v) is 26.0. The average molecular weight is 597 g/mol. The topological polar surface area (TPSA) is 90.0 Å². The second kappa shape index (κ2) is 14.4. The number of carbonyl (C=O) groups is 2. The summed E-state index contributed by atoms with van der Waals surface area (Å²) in [5, 5.41) is 2.97. The van der Waals surface area contributed by atoms with Gasteiger partial charge in [-0.05, 0) is 56.0 Å². The van der Waals surface area contributed by atoms with Gasteiger partial charge in [-0.2, -0.15) is 12.7 Å². The molecule has 0 aliphatic carbocycles. The molecule has 2 atom stereocenters. The lowest BCUT2D eigenvalue weighted by Crippen LogP contribution is -2.55. The molecular weight excluding hydrogens is 555 g/mol. The summed E-state index contributed by atoms with van der Waals surface area (Å²) in [6.07, 6.45) is 0.833. The average Bonchev–Trinajstić information content (AvgIpc) is 2.96. The van der Waals surface area contributed by atoms with E-state index in [1.54, 1.807) is 37.3 Å². The second-order valence-corrected chi connectivity index (χ2v) is 12.8. The molecule has 3 aromatic carbocycles. The first-order valence-corrected chi connectivity index (χ1v) is 15.4. The fourth-order valence-corrected chi connectivity index (χ4v) is 5.61. The Morgan fingerprint density at radius 1 is 0.952 bits per heavy atom. The van der Waals surface area contributed by atoms with Crippen molar-refractivity contribution in [1.29, 1.82) is 0 Å². The quantitative estimate of drug-likeness (QED) is 0.312. The fraction of sp³-hybridized carbons (Fsp3) is 0.375. The molecule has 0 saturated carbocycles. The number of halogens is 1. The van der Waals surface area contributed by atoms with Crippen LogP contribution in [0.5, 0.6) is 0 Å². The monoisotopic (exact) mass is 596 g/mol. The van der Waals surface area contributed by atoms with Gasteiger partial charge in [-0.3, -0.25) is 9.59 Å². The molecule has 0 radical (unpaired) electrons. The first-order valence-electron chi connectivity index (χ1n) is 14.0. The maximum absolute atomic E-state index is 14.9. The van der Waals surface area contributed by atoms with Crippen LogP contribution in [0.2, 0.25) is 0 Å². The van der Waals surface area contributed by atoms with Crippen LogP contribution in [0.3, 0.4) is 0 Å². The first kappa shape index (κ1) is 32.8. The highest BCUT2D eigenvalue weighted by Crippen LogP contribution is 2.26. The van der Waals surface area contributed by atoms with Crippen LogP contribution in [0.25, 0.3) is 0 Å². The Hall–Kier alpha value is -3.76. The van der Waals surface area contributed by atoms with Gasteiger partial charge < -0.3 is 10.2 Å². The van der Waals surface area contributed by atoms with Gasteiger partial charge in [-0.25, -0.2) is 8.70 Å². The number of carbonyl (C=O) groups excluding carboxylic acids is 2. The lowest BCUT2D eigenvalue weighted by Gasteiger charge is -2.35. The van der Waals surface area contributed by atoms with E-state index >= 15 is 0 Å². The van der Waals surface area contributed by atoms with E-state index in [2.05, 4.69) is 5.32 Å². The molecule has 42 heavy (non-hydrogen) atoms. The Morgan fingerprint density at radius 2 is 1.60 bits per heavy atom. The number of aryl methyl sites for hydroxylation is 2. The summed E-state index contributed by atoms with van der Waals surface area (Å²) in [5.74, 6) is -1.56. The van der Waals surface area contributed by atoms with Gasteiger partial charge in [0, 0.05) is 38.7 Å². The van der Waals surface area contributed by atoms with E-state index in [1.807, 2.05) is 57.2 Å². The molecule has 10 heteroatoms. The standard InChI is InChI=1S/C32H41FN4O4S/c1-7-25(4)34-32(39)30(20-26-13-9-8-10-14-26)36(21-27-15-11-12-16-28(27)33)31(38)22-37(42(40,41)35(5)6)29-19-23(2)17-18-24(29)3/h8-19,25,30H,7,20-22H2,1-6H3,(H,34,39)/t25-,30+/m1/s1. The van der Waals surface area contributed by atoms with Crippen molar-refractivity contribution in [3.05, 3.63) is 101 Å². The number of amides is 2. The van der Waals surface area contributed by atoms with Crippen molar-refractivity contribution in [1.82, 2.24) is 14.5 Å². The Kier molecular flexibility index (Phi) is 11.2. The second-order valence-electron chi connectivity index (χ2n) is 10.7. The molecule has 8 nitrogen and oxygen atoms in total. The van der Waals surface area contributed by atoms with Gasteiger partial charge in [0.15, 0.2) is 0 Å². The van der Waals surface area contributed by atoms with Crippen molar-refractivity contribution in [2.75, 3.05) is 24.9 Å². The maximum atomic E-state index is 14.9. The molecule has 0 spiro atoms. The summed E-state index contributed by atoms with van der Waals surface area (Å²) < 4.78 is 44.2. The number of benzene rings is 3.